The summed E-state index contributed by atoms with van der Waals surface area (Å²) in [4.78, 5) is 10.2. The Balaban J connectivity index is 2.31. The Morgan fingerprint density at radius 3 is 2.26 bits per heavy atom. The van der Waals surface area contributed by atoms with Crippen molar-refractivity contribution in [2.75, 3.05) is 0 Å². The zero-order valence-electron chi connectivity index (χ0n) is 11.4. The van der Waals surface area contributed by atoms with Crippen LogP contribution in [0, 0.1) is 15.9 Å². The van der Waals surface area contributed by atoms with Gasteiger partial charge in [-0.25, -0.2) is 4.39 Å². The third kappa shape index (κ3) is 4.16. The molecule has 0 bridgehead atoms. The van der Waals surface area contributed by atoms with Crippen LogP contribution in [-0.4, -0.2) is 11.3 Å². The Bertz CT molecular complexity index is 717. The average Bonchev–Trinajstić information content (AvgIpc) is 2.45. The first-order chi connectivity index (χ1) is 10.7. The Hall–Kier alpha value is -2.68. The highest BCUT2D eigenvalue weighted by atomic mass is 19.4. The SMILES string of the molecule is N[C@@H](c1ccc(OC(F)(F)F)cc1)c1ccc(F)cc1[N+](=O)[O-]. The fraction of sp³-hybridized carbons (Fsp3) is 0.143. The van der Waals surface area contributed by atoms with Gasteiger partial charge in [0.25, 0.3) is 5.69 Å². The molecule has 1 atom stereocenters. The summed E-state index contributed by atoms with van der Waals surface area (Å²) in [6.45, 7) is 0. The van der Waals surface area contributed by atoms with Gasteiger partial charge in [0.1, 0.15) is 11.6 Å². The number of nitro benzene ring substituents is 1. The highest BCUT2D eigenvalue weighted by Crippen LogP contribution is 2.30. The average molecular weight is 330 g/mol. The maximum absolute atomic E-state index is 13.1. The number of rotatable bonds is 4. The molecule has 0 saturated heterocycles. The summed E-state index contributed by atoms with van der Waals surface area (Å²) in [6, 6.07) is 6.49. The first-order valence-electron chi connectivity index (χ1n) is 6.22. The van der Waals surface area contributed by atoms with Crippen LogP contribution >= 0.6 is 0 Å². The van der Waals surface area contributed by atoms with Crippen LogP contribution in [0.4, 0.5) is 23.2 Å². The molecule has 23 heavy (non-hydrogen) atoms. The normalized spacial score (nSPS) is 12.7. The summed E-state index contributed by atoms with van der Waals surface area (Å²) in [5.41, 5.74) is 5.74. The van der Waals surface area contributed by atoms with Gasteiger partial charge in [-0.1, -0.05) is 12.1 Å². The van der Waals surface area contributed by atoms with Crippen LogP contribution in [-0.2, 0) is 0 Å². The standard InChI is InChI=1S/C14H10F4N2O3/c15-9-3-6-11(12(7-9)20(21)22)13(19)8-1-4-10(5-2-8)23-14(16,17)18/h1-7,13H,19H2/t13-/m0/s1. The van der Waals surface area contributed by atoms with E-state index in [0.717, 1.165) is 30.3 Å². The van der Waals surface area contributed by atoms with E-state index in [2.05, 4.69) is 4.74 Å². The lowest BCUT2D eigenvalue weighted by Gasteiger charge is -2.14. The highest BCUT2D eigenvalue weighted by molar-refractivity contribution is 5.47. The molecule has 2 aromatic rings. The van der Waals surface area contributed by atoms with E-state index in [1.807, 2.05) is 0 Å². The van der Waals surface area contributed by atoms with Crippen molar-refractivity contribution in [3.63, 3.8) is 0 Å². The van der Waals surface area contributed by atoms with Crippen LogP contribution in [0.15, 0.2) is 42.5 Å². The third-order valence-corrected chi connectivity index (χ3v) is 3.00. The molecule has 0 spiro atoms. The fourth-order valence-corrected chi connectivity index (χ4v) is 1.99. The van der Waals surface area contributed by atoms with E-state index >= 15 is 0 Å². The van der Waals surface area contributed by atoms with Gasteiger partial charge in [-0.05, 0) is 29.8 Å². The number of ether oxygens (including phenoxy) is 1. The number of nitro groups is 1. The first-order valence-corrected chi connectivity index (χ1v) is 6.22. The minimum atomic E-state index is -4.82. The van der Waals surface area contributed by atoms with E-state index in [0.29, 0.717) is 5.56 Å². The third-order valence-electron chi connectivity index (χ3n) is 3.00. The van der Waals surface area contributed by atoms with Crippen LogP contribution in [0.5, 0.6) is 5.75 Å². The number of benzene rings is 2. The maximum atomic E-state index is 13.1. The van der Waals surface area contributed by atoms with Gasteiger partial charge in [0.2, 0.25) is 0 Å². The molecule has 0 heterocycles. The molecule has 2 N–H and O–H groups in total. The predicted molar refractivity (Wildman–Crippen MR) is 72.2 cm³/mol. The van der Waals surface area contributed by atoms with Crippen LogP contribution < -0.4 is 10.5 Å². The molecular formula is C14H10F4N2O3. The van der Waals surface area contributed by atoms with E-state index in [1.165, 1.54) is 12.1 Å². The van der Waals surface area contributed by atoms with Crippen molar-refractivity contribution < 1.29 is 27.2 Å². The highest BCUT2D eigenvalue weighted by Gasteiger charge is 2.31. The molecule has 0 aromatic heterocycles. The molecule has 2 rings (SSSR count). The van der Waals surface area contributed by atoms with Crippen molar-refractivity contribution in [1.82, 2.24) is 0 Å². The van der Waals surface area contributed by atoms with E-state index in [1.54, 1.807) is 0 Å². The zero-order valence-corrected chi connectivity index (χ0v) is 11.4. The Morgan fingerprint density at radius 2 is 1.74 bits per heavy atom. The van der Waals surface area contributed by atoms with Crippen LogP contribution in [0.25, 0.3) is 0 Å². The van der Waals surface area contributed by atoms with Gasteiger partial charge in [0.05, 0.1) is 22.6 Å². The van der Waals surface area contributed by atoms with Crippen molar-refractivity contribution >= 4 is 5.69 Å². The summed E-state index contributed by atoms with van der Waals surface area (Å²) in [5.74, 6) is -1.23. The van der Waals surface area contributed by atoms with Crippen LogP contribution in [0.2, 0.25) is 0 Å². The van der Waals surface area contributed by atoms with E-state index in [9.17, 15) is 27.7 Å². The summed E-state index contributed by atoms with van der Waals surface area (Å²) in [5, 5.41) is 11.0. The molecular weight excluding hydrogens is 320 g/mol. The summed E-state index contributed by atoms with van der Waals surface area (Å²) >= 11 is 0. The number of halogens is 4. The number of alkyl halides is 3. The van der Waals surface area contributed by atoms with Crippen molar-refractivity contribution in [3.05, 3.63) is 69.5 Å². The topological polar surface area (TPSA) is 78.4 Å². The summed E-state index contributed by atoms with van der Waals surface area (Å²) in [6.07, 6.45) is -4.82. The number of nitrogens with zero attached hydrogens (tertiary/aromatic N) is 1. The Kier molecular flexibility index (Phi) is 4.50. The molecule has 5 nitrogen and oxygen atoms in total. The van der Waals surface area contributed by atoms with Gasteiger partial charge >= 0.3 is 6.36 Å². The van der Waals surface area contributed by atoms with Gasteiger partial charge in [-0.15, -0.1) is 13.2 Å². The van der Waals surface area contributed by atoms with Crippen molar-refractivity contribution in [2.45, 2.75) is 12.4 Å². The molecule has 0 fully saturated rings. The first kappa shape index (κ1) is 16.7. The molecule has 9 heteroatoms. The predicted octanol–water partition coefficient (Wildman–Crippen LogP) is 3.68. The van der Waals surface area contributed by atoms with E-state index in [-0.39, 0.29) is 5.56 Å². The number of hydrogen-bond acceptors (Lipinski definition) is 4. The second-order valence-corrected chi connectivity index (χ2v) is 4.55. The molecule has 122 valence electrons. The van der Waals surface area contributed by atoms with Gasteiger partial charge in [0, 0.05) is 0 Å². The minimum absolute atomic E-state index is 0.0425. The summed E-state index contributed by atoms with van der Waals surface area (Å²) in [7, 11) is 0. The van der Waals surface area contributed by atoms with Crippen molar-refractivity contribution in [2.24, 2.45) is 5.73 Å². The maximum Gasteiger partial charge on any atom is 0.573 e. The lowest BCUT2D eigenvalue weighted by atomic mass is 9.98. The Morgan fingerprint density at radius 1 is 1.13 bits per heavy atom. The molecule has 0 aliphatic heterocycles. The molecule has 0 saturated carbocycles. The van der Waals surface area contributed by atoms with Crippen molar-refractivity contribution in [1.29, 1.82) is 0 Å². The second kappa shape index (κ2) is 6.21. The number of hydrogen-bond donors (Lipinski definition) is 1. The lowest BCUT2D eigenvalue weighted by Crippen LogP contribution is -2.17. The summed E-state index contributed by atoms with van der Waals surface area (Å²) < 4.78 is 53.1. The fourth-order valence-electron chi connectivity index (χ4n) is 1.99. The minimum Gasteiger partial charge on any atom is -0.406 e. The van der Waals surface area contributed by atoms with Gasteiger partial charge in [-0.3, -0.25) is 10.1 Å². The largest absolute Gasteiger partial charge is 0.573 e. The van der Waals surface area contributed by atoms with E-state index in [4.69, 9.17) is 5.73 Å². The second-order valence-electron chi connectivity index (χ2n) is 4.55. The molecule has 0 aliphatic rings. The molecule has 0 aliphatic carbocycles. The van der Waals surface area contributed by atoms with Crippen LogP contribution in [0.3, 0.4) is 0 Å². The van der Waals surface area contributed by atoms with Gasteiger partial charge in [0.15, 0.2) is 0 Å². The molecule has 0 unspecified atom stereocenters. The molecule has 0 radical (unpaired) electrons. The molecule has 2 aromatic carbocycles. The lowest BCUT2D eigenvalue weighted by molar-refractivity contribution is -0.385. The van der Waals surface area contributed by atoms with E-state index < -0.39 is 34.6 Å². The van der Waals surface area contributed by atoms with Gasteiger partial charge < -0.3 is 10.5 Å². The van der Waals surface area contributed by atoms with Crippen molar-refractivity contribution in [3.8, 4) is 5.75 Å². The Labute approximate surface area is 127 Å². The zero-order chi connectivity index (χ0) is 17.2. The molecule has 0 amide bonds. The van der Waals surface area contributed by atoms with Crippen LogP contribution in [0.1, 0.15) is 17.2 Å². The smallest absolute Gasteiger partial charge is 0.406 e. The monoisotopic (exact) mass is 330 g/mol. The van der Waals surface area contributed by atoms with Gasteiger partial charge in [-0.2, -0.15) is 0 Å². The number of nitrogens with two attached hydrogens (primary N) is 1. The quantitative estimate of drug-likeness (QED) is 0.527.